The summed E-state index contributed by atoms with van der Waals surface area (Å²) in [6, 6.07) is 5.51. The minimum Gasteiger partial charge on any atom is -0.494 e. The van der Waals surface area contributed by atoms with E-state index >= 15 is 0 Å². The van der Waals surface area contributed by atoms with Crippen LogP contribution in [0.15, 0.2) is 36.4 Å². The van der Waals surface area contributed by atoms with Gasteiger partial charge in [0.25, 0.3) is 0 Å². The molecule has 1 rings (SSSR count). The molecule has 0 heterocycles. The van der Waals surface area contributed by atoms with Gasteiger partial charge in [-0.15, -0.1) is 0 Å². The van der Waals surface area contributed by atoms with Crippen LogP contribution in [-0.2, 0) is 30.4 Å². The number of amides is 1. The molecule has 258 valence electrons. The summed E-state index contributed by atoms with van der Waals surface area (Å²) >= 11 is 0. The van der Waals surface area contributed by atoms with Crippen molar-refractivity contribution in [2.75, 3.05) is 6.61 Å². The molecule has 46 heavy (non-hydrogen) atoms. The Morgan fingerprint density at radius 1 is 0.826 bits per heavy atom. The van der Waals surface area contributed by atoms with Crippen molar-refractivity contribution in [3.63, 3.8) is 0 Å². The van der Waals surface area contributed by atoms with E-state index in [2.05, 4.69) is 26.1 Å². The lowest BCUT2D eigenvalue weighted by atomic mass is 9.87. The van der Waals surface area contributed by atoms with Gasteiger partial charge in [0.05, 0.1) is 24.9 Å². The van der Waals surface area contributed by atoms with Gasteiger partial charge < -0.3 is 25.4 Å². The van der Waals surface area contributed by atoms with E-state index in [4.69, 9.17) is 4.74 Å². The predicted molar refractivity (Wildman–Crippen MR) is 177 cm³/mol. The highest BCUT2D eigenvalue weighted by molar-refractivity contribution is 5.91. The van der Waals surface area contributed by atoms with Crippen molar-refractivity contribution in [3.05, 3.63) is 42.0 Å². The van der Waals surface area contributed by atoms with Crippen LogP contribution in [0.3, 0.4) is 0 Å². The number of unbranched alkanes of at least 4 members (excludes halogenated alkanes) is 8. The number of aliphatic carboxylic acids is 3. The smallest absolute Gasteiger partial charge is 0.326 e. The van der Waals surface area contributed by atoms with Crippen LogP contribution in [0.2, 0.25) is 0 Å². The Morgan fingerprint density at radius 2 is 1.43 bits per heavy atom. The van der Waals surface area contributed by atoms with E-state index in [1.807, 2.05) is 0 Å². The molecule has 0 bridgehead atoms. The Morgan fingerprint density at radius 3 is 1.98 bits per heavy atom. The summed E-state index contributed by atoms with van der Waals surface area (Å²) in [5.74, 6) is -6.50. The fraction of sp³-hybridized carbons (Fsp3) is 0.639. The minimum atomic E-state index is -1.57. The maximum absolute atomic E-state index is 13.3. The molecule has 10 heteroatoms. The number of ether oxygens (including phenoxy) is 1. The number of carboxylic acids is 3. The van der Waals surface area contributed by atoms with E-state index in [0.29, 0.717) is 48.9 Å². The third-order valence-electron chi connectivity index (χ3n) is 7.87. The summed E-state index contributed by atoms with van der Waals surface area (Å²) in [6.45, 7) is 6.91. The first-order valence-corrected chi connectivity index (χ1v) is 16.8. The average molecular weight is 646 g/mol. The number of hydrogen-bond acceptors (Lipinski definition) is 6. The molecule has 0 aliphatic rings. The molecule has 1 aromatic carbocycles. The van der Waals surface area contributed by atoms with Crippen LogP contribution in [0.1, 0.15) is 116 Å². The van der Waals surface area contributed by atoms with Crippen molar-refractivity contribution >= 4 is 29.6 Å². The molecule has 0 aromatic heterocycles. The molecule has 0 radical (unpaired) electrons. The van der Waals surface area contributed by atoms with Crippen LogP contribution >= 0.6 is 0 Å². The van der Waals surface area contributed by atoms with E-state index in [-0.39, 0.29) is 6.42 Å². The second-order valence-corrected chi connectivity index (χ2v) is 12.4. The SMILES string of the molecule is CCCCCCCC(=O)CCCCCC/C=C/C(C(=O)NC(Cc1ccc(OCCC(C)C)cc1)C(=O)O)C(CC(=O)O)C(=O)O. The van der Waals surface area contributed by atoms with Crippen LogP contribution in [0.4, 0.5) is 0 Å². The predicted octanol–water partition coefficient (Wildman–Crippen LogP) is 6.84. The highest BCUT2D eigenvalue weighted by Crippen LogP contribution is 2.21. The molecule has 1 amide bonds. The number of Topliss-reactive ketones (excluding diaryl/α,β-unsaturated/α-hetero) is 1. The van der Waals surface area contributed by atoms with Gasteiger partial charge in [0.15, 0.2) is 0 Å². The summed E-state index contributed by atoms with van der Waals surface area (Å²) in [7, 11) is 0. The molecule has 1 aromatic rings. The third-order valence-corrected chi connectivity index (χ3v) is 7.87. The molecule has 4 N–H and O–H groups in total. The van der Waals surface area contributed by atoms with E-state index in [9.17, 15) is 39.3 Å². The normalized spacial score (nSPS) is 13.3. The second-order valence-electron chi connectivity index (χ2n) is 12.4. The zero-order valence-corrected chi connectivity index (χ0v) is 27.9. The first kappa shape index (κ1) is 40.3. The molecule has 0 aliphatic carbocycles. The van der Waals surface area contributed by atoms with Gasteiger partial charge in [0.2, 0.25) is 5.91 Å². The number of carboxylic acid groups (broad SMARTS) is 3. The Hall–Kier alpha value is -3.69. The molecule has 0 spiro atoms. The first-order chi connectivity index (χ1) is 21.9. The lowest BCUT2D eigenvalue weighted by Gasteiger charge is -2.22. The van der Waals surface area contributed by atoms with Crippen LogP contribution < -0.4 is 10.1 Å². The maximum atomic E-state index is 13.3. The highest BCUT2D eigenvalue weighted by atomic mass is 16.5. The molecular weight excluding hydrogens is 590 g/mol. The zero-order chi connectivity index (χ0) is 34.3. The van der Waals surface area contributed by atoms with E-state index < -0.39 is 48.1 Å². The Kier molecular flexibility index (Phi) is 20.7. The molecule has 3 atom stereocenters. The average Bonchev–Trinajstić information content (AvgIpc) is 2.99. The first-order valence-electron chi connectivity index (χ1n) is 16.8. The van der Waals surface area contributed by atoms with Gasteiger partial charge in [-0.1, -0.05) is 83.6 Å². The van der Waals surface area contributed by atoms with E-state index in [1.165, 1.54) is 25.3 Å². The van der Waals surface area contributed by atoms with Gasteiger partial charge in [-0.3, -0.25) is 19.2 Å². The van der Waals surface area contributed by atoms with Gasteiger partial charge in [-0.05, 0) is 55.7 Å². The van der Waals surface area contributed by atoms with Crippen LogP contribution in [0.5, 0.6) is 5.75 Å². The minimum absolute atomic E-state index is 0.0538. The van der Waals surface area contributed by atoms with Crippen LogP contribution in [0.25, 0.3) is 0 Å². The topological polar surface area (TPSA) is 167 Å². The molecule has 0 fully saturated rings. The monoisotopic (exact) mass is 645 g/mol. The van der Waals surface area contributed by atoms with Gasteiger partial charge in [-0.2, -0.15) is 0 Å². The van der Waals surface area contributed by atoms with Crippen molar-refractivity contribution in [1.29, 1.82) is 0 Å². The van der Waals surface area contributed by atoms with Crippen molar-refractivity contribution < 1.29 is 44.0 Å². The number of carbonyl (C=O) groups is 5. The van der Waals surface area contributed by atoms with Crippen molar-refractivity contribution in [3.8, 4) is 5.75 Å². The number of carbonyl (C=O) groups excluding carboxylic acids is 2. The van der Waals surface area contributed by atoms with E-state index in [0.717, 1.165) is 44.9 Å². The number of benzene rings is 1. The highest BCUT2D eigenvalue weighted by Gasteiger charge is 2.35. The number of hydrogen-bond donors (Lipinski definition) is 4. The molecule has 10 nitrogen and oxygen atoms in total. The quantitative estimate of drug-likeness (QED) is 0.0591. The summed E-state index contributed by atoms with van der Waals surface area (Å²) in [5.41, 5.74) is 0.630. The molecule has 0 saturated carbocycles. The number of allylic oxidation sites excluding steroid dienone is 1. The van der Waals surface area contributed by atoms with Crippen molar-refractivity contribution in [2.45, 2.75) is 123 Å². The lowest BCUT2D eigenvalue weighted by Crippen LogP contribution is -2.47. The lowest BCUT2D eigenvalue weighted by molar-refractivity contribution is -0.152. The van der Waals surface area contributed by atoms with Gasteiger partial charge in [-0.25, -0.2) is 4.79 Å². The third kappa shape index (κ3) is 18.3. The van der Waals surface area contributed by atoms with Crippen molar-refractivity contribution in [1.82, 2.24) is 5.32 Å². The Balaban J connectivity index is 2.74. The standard InChI is InChI=1S/C36H55NO9/c1-4-5-6-9-12-15-28(38)16-13-10-7-8-11-14-17-30(31(35(42)43)25-33(39)40)34(41)37-32(36(44)45)24-27-18-20-29(21-19-27)46-23-22-26(2)3/h14,17-21,26,30-32H,4-13,15-16,22-25H2,1-3H3,(H,37,41)(H,39,40)(H,42,43)(H,44,45)/b17-14+. The molecule has 3 unspecified atom stereocenters. The van der Waals surface area contributed by atoms with Gasteiger partial charge >= 0.3 is 17.9 Å². The summed E-state index contributed by atoms with van der Waals surface area (Å²) < 4.78 is 5.70. The largest absolute Gasteiger partial charge is 0.494 e. The maximum Gasteiger partial charge on any atom is 0.326 e. The zero-order valence-electron chi connectivity index (χ0n) is 27.9. The Labute approximate surface area is 274 Å². The Bertz CT molecular complexity index is 1100. The molecule has 0 aliphatic heterocycles. The fourth-order valence-corrected chi connectivity index (χ4v) is 5.03. The van der Waals surface area contributed by atoms with Gasteiger partial charge in [0.1, 0.15) is 17.6 Å². The summed E-state index contributed by atoms with van der Waals surface area (Å²) in [4.78, 5) is 60.8. The van der Waals surface area contributed by atoms with E-state index in [1.54, 1.807) is 30.3 Å². The van der Waals surface area contributed by atoms with Crippen molar-refractivity contribution in [2.24, 2.45) is 17.8 Å². The van der Waals surface area contributed by atoms with Crippen LogP contribution in [-0.4, -0.2) is 57.6 Å². The summed E-state index contributed by atoms with van der Waals surface area (Å²) in [5, 5.41) is 31.3. The number of rotatable bonds is 27. The molecule has 0 saturated heterocycles. The summed E-state index contributed by atoms with van der Waals surface area (Å²) in [6.07, 6.45) is 13.7. The molecular formula is C36H55NO9. The fourth-order valence-electron chi connectivity index (χ4n) is 5.03. The van der Waals surface area contributed by atoms with Crippen LogP contribution in [0, 0.1) is 17.8 Å². The second kappa shape index (κ2) is 23.6. The number of ketones is 1. The van der Waals surface area contributed by atoms with Gasteiger partial charge in [0, 0.05) is 19.3 Å². The number of nitrogens with one attached hydrogen (secondary N) is 1.